The lowest BCUT2D eigenvalue weighted by molar-refractivity contribution is 1.02. The molecule has 0 radical (unpaired) electrons. The van der Waals surface area contributed by atoms with E-state index in [1.54, 1.807) is 17.5 Å². The Kier molecular flexibility index (Phi) is 3.41. The second-order valence-corrected chi connectivity index (χ2v) is 4.72. The molecule has 0 saturated heterocycles. The number of aryl methyl sites for hydroxylation is 1. The minimum Gasteiger partial charge on any atom is -0.397 e. The van der Waals surface area contributed by atoms with Gasteiger partial charge in [-0.15, -0.1) is 11.3 Å². The smallest absolute Gasteiger partial charge is 0.129 e. The topological polar surface area (TPSA) is 50.9 Å². The monoisotopic (exact) mass is 233 g/mol. The number of anilines is 2. The van der Waals surface area contributed by atoms with Crippen LogP contribution in [-0.4, -0.2) is 11.5 Å². The number of thiophene rings is 1. The molecule has 0 saturated carbocycles. The molecule has 16 heavy (non-hydrogen) atoms. The van der Waals surface area contributed by atoms with Crippen LogP contribution < -0.4 is 11.1 Å². The molecule has 0 aliphatic carbocycles. The number of nitrogens with one attached hydrogen (secondary N) is 1. The van der Waals surface area contributed by atoms with Gasteiger partial charge in [-0.1, -0.05) is 6.07 Å². The van der Waals surface area contributed by atoms with E-state index < -0.39 is 0 Å². The van der Waals surface area contributed by atoms with Crippen LogP contribution in [0.5, 0.6) is 0 Å². The molecular formula is C12H15N3S. The molecule has 3 N–H and O–H groups in total. The maximum atomic E-state index is 5.64. The Balaban J connectivity index is 1.90. The van der Waals surface area contributed by atoms with Gasteiger partial charge in [0.15, 0.2) is 0 Å². The van der Waals surface area contributed by atoms with Gasteiger partial charge in [0.1, 0.15) is 5.82 Å². The molecule has 0 unspecified atom stereocenters. The summed E-state index contributed by atoms with van der Waals surface area (Å²) in [6.45, 7) is 2.91. The average Bonchev–Trinajstić information content (AvgIpc) is 2.74. The molecule has 0 bridgehead atoms. The van der Waals surface area contributed by atoms with Gasteiger partial charge in [-0.2, -0.15) is 0 Å². The molecule has 0 aromatic carbocycles. The number of aromatic nitrogens is 1. The van der Waals surface area contributed by atoms with Gasteiger partial charge in [0.25, 0.3) is 0 Å². The Morgan fingerprint density at radius 3 is 3.06 bits per heavy atom. The van der Waals surface area contributed by atoms with Crippen LogP contribution in [0.4, 0.5) is 11.5 Å². The second kappa shape index (κ2) is 4.99. The quantitative estimate of drug-likeness (QED) is 0.853. The first-order valence-corrected chi connectivity index (χ1v) is 6.12. The van der Waals surface area contributed by atoms with Crippen molar-refractivity contribution in [2.75, 3.05) is 17.6 Å². The van der Waals surface area contributed by atoms with Gasteiger partial charge >= 0.3 is 0 Å². The van der Waals surface area contributed by atoms with Crippen LogP contribution in [0, 0.1) is 6.92 Å². The van der Waals surface area contributed by atoms with Crippen molar-refractivity contribution in [3.63, 3.8) is 0 Å². The van der Waals surface area contributed by atoms with E-state index in [-0.39, 0.29) is 0 Å². The summed E-state index contributed by atoms with van der Waals surface area (Å²) in [5.74, 6) is 0.922. The van der Waals surface area contributed by atoms with Crippen LogP contribution in [0.2, 0.25) is 0 Å². The second-order valence-electron chi connectivity index (χ2n) is 3.69. The Bertz CT molecular complexity index is 451. The van der Waals surface area contributed by atoms with E-state index in [1.807, 2.05) is 13.0 Å². The number of nitrogens with two attached hydrogens (primary N) is 1. The van der Waals surface area contributed by atoms with E-state index in [0.717, 1.165) is 24.3 Å². The highest BCUT2D eigenvalue weighted by molar-refractivity contribution is 7.09. The minimum atomic E-state index is 0.710. The number of nitrogens with zero attached hydrogens (tertiary/aromatic N) is 1. The summed E-state index contributed by atoms with van der Waals surface area (Å²) in [6, 6.07) is 6.16. The highest BCUT2D eigenvalue weighted by atomic mass is 32.1. The fourth-order valence-corrected chi connectivity index (χ4v) is 2.25. The third-order valence-electron chi connectivity index (χ3n) is 2.34. The molecule has 0 atom stereocenters. The minimum absolute atomic E-state index is 0.710. The van der Waals surface area contributed by atoms with Crippen molar-refractivity contribution in [1.29, 1.82) is 0 Å². The van der Waals surface area contributed by atoms with Crippen molar-refractivity contribution in [3.8, 4) is 0 Å². The molecule has 0 amide bonds. The summed E-state index contributed by atoms with van der Waals surface area (Å²) in [5.41, 5.74) is 7.44. The molecule has 2 heterocycles. The van der Waals surface area contributed by atoms with Gasteiger partial charge in [0, 0.05) is 11.4 Å². The SMILES string of the molecule is Cc1cc(N)cnc1NCCc1cccs1. The maximum Gasteiger partial charge on any atom is 0.129 e. The predicted molar refractivity (Wildman–Crippen MR) is 69.9 cm³/mol. The Morgan fingerprint density at radius 2 is 2.38 bits per heavy atom. The first kappa shape index (κ1) is 11.0. The number of hydrogen-bond acceptors (Lipinski definition) is 4. The van der Waals surface area contributed by atoms with Crippen molar-refractivity contribution in [1.82, 2.24) is 4.98 Å². The van der Waals surface area contributed by atoms with Crippen LogP contribution in [-0.2, 0) is 6.42 Å². The standard InChI is InChI=1S/C12H15N3S/c1-9-7-10(13)8-15-12(9)14-5-4-11-3-2-6-16-11/h2-3,6-8H,4-5,13H2,1H3,(H,14,15). The lowest BCUT2D eigenvalue weighted by Gasteiger charge is -2.08. The van der Waals surface area contributed by atoms with Gasteiger partial charge in [0.2, 0.25) is 0 Å². The van der Waals surface area contributed by atoms with E-state index in [9.17, 15) is 0 Å². The van der Waals surface area contributed by atoms with Gasteiger partial charge in [-0.05, 0) is 36.4 Å². The molecule has 2 rings (SSSR count). The molecule has 2 aromatic heterocycles. The molecule has 0 spiro atoms. The van der Waals surface area contributed by atoms with E-state index in [4.69, 9.17) is 5.73 Å². The normalized spacial score (nSPS) is 10.3. The van der Waals surface area contributed by atoms with Gasteiger partial charge in [0.05, 0.1) is 11.9 Å². The van der Waals surface area contributed by atoms with Crippen molar-refractivity contribution >= 4 is 22.8 Å². The summed E-state index contributed by atoms with van der Waals surface area (Å²) < 4.78 is 0. The van der Waals surface area contributed by atoms with Crippen molar-refractivity contribution < 1.29 is 0 Å². The Hall–Kier alpha value is -1.55. The molecule has 4 heteroatoms. The lowest BCUT2D eigenvalue weighted by atomic mass is 10.2. The maximum absolute atomic E-state index is 5.64. The van der Waals surface area contributed by atoms with Crippen molar-refractivity contribution in [2.24, 2.45) is 0 Å². The number of hydrogen-bond donors (Lipinski definition) is 2. The van der Waals surface area contributed by atoms with Gasteiger partial charge < -0.3 is 11.1 Å². The fraction of sp³-hybridized carbons (Fsp3) is 0.250. The molecule has 0 aliphatic heterocycles. The molecule has 0 aliphatic rings. The third-order valence-corrected chi connectivity index (χ3v) is 3.28. The Labute approximate surface area is 99.3 Å². The third kappa shape index (κ3) is 2.73. The Morgan fingerprint density at radius 1 is 1.50 bits per heavy atom. The number of pyridine rings is 1. The van der Waals surface area contributed by atoms with Crippen LogP contribution >= 0.6 is 11.3 Å². The summed E-state index contributed by atoms with van der Waals surface area (Å²) in [6.07, 6.45) is 2.71. The van der Waals surface area contributed by atoms with Crippen LogP contribution in [0.25, 0.3) is 0 Å². The first-order chi connectivity index (χ1) is 7.75. The van der Waals surface area contributed by atoms with Crippen LogP contribution in [0.1, 0.15) is 10.4 Å². The van der Waals surface area contributed by atoms with Gasteiger partial charge in [-0.25, -0.2) is 4.98 Å². The summed E-state index contributed by atoms with van der Waals surface area (Å²) in [5, 5.41) is 5.42. The highest BCUT2D eigenvalue weighted by Gasteiger charge is 2.00. The highest BCUT2D eigenvalue weighted by Crippen LogP contribution is 2.14. The van der Waals surface area contributed by atoms with Crippen LogP contribution in [0.15, 0.2) is 29.8 Å². The van der Waals surface area contributed by atoms with E-state index in [1.165, 1.54) is 4.88 Å². The first-order valence-electron chi connectivity index (χ1n) is 5.24. The molecular weight excluding hydrogens is 218 g/mol. The van der Waals surface area contributed by atoms with E-state index in [0.29, 0.717) is 5.69 Å². The molecule has 84 valence electrons. The van der Waals surface area contributed by atoms with Gasteiger partial charge in [-0.3, -0.25) is 0 Å². The number of rotatable bonds is 4. The van der Waals surface area contributed by atoms with Crippen molar-refractivity contribution in [3.05, 3.63) is 40.2 Å². The molecule has 0 fully saturated rings. The molecule has 3 nitrogen and oxygen atoms in total. The predicted octanol–water partition coefficient (Wildman–Crippen LogP) is 2.69. The van der Waals surface area contributed by atoms with Crippen molar-refractivity contribution in [2.45, 2.75) is 13.3 Å². The number of nitrogen functional groups attached to an aromatic ring is 1. The zero-order valence-electron chi connectivity index (χ0n) is 9.23. The van der Waals surface area contributed by atoms with E-state index in [2.05, 4.69) is 27.8 Å². The fourth-order valence-electron chi connectivity index (χ4n) is 1.54. The zero-order valence-corrected chi connectivity index (χ0v) is 10.1. The summed E-state index contributed by atoms with van der Waals surface area (Å²) >= 11 is 1.78. The summed E-state index contributed by atoms with van der Waals surface area (Å²) in [7, 11) is 0. The van der Waals surface area contributed by atoms with E-state index >= 15 is 0 Å². The van der Waals surface area contributed by atoms with Crippen LogP contribution in [0.3, 0.4) is 0 Å². The zero-order chi connectivity index (χ0) is 11.4. The lowest BCUT2D eigenvalue weighted by Crippen LogP contribution is -2.07. The largest absolute Gasteiger partial charge is 0.397 e. The average molecular weight is 233 g/mol. The molecule has 2 aromatic rings. The summed E-state index contributed by atoms with van der Waals surface area (Å²) in [4.78, 5) is 5.65.